The third-order valence-electron chi connectivity index (χ3n) is 3.43. The normalized spacial score (nSPS) is 19.1. The molecule has 114 valence electrons. The molecule has 1 saturated heterocycles. The molecular weight excluding hydrogens is 290 g/mol. The molecule has 0 spiro atoms. The van der Waals surface area contributed by atoms with Crippen molar-refractivity contribution in [3.8, 4) is 0 Å². The smallest absolute Gasteiger partial charge is 0.185 e. The van der Waals surface area contributed by atoms with Crippen LogP contribution in [-0.4, -0.2) is 48.8 Å². The Morgan fingerprint density at radius 3 is 3.10 bits per heavy atom. The number of anilines is 1. The van der Waals surface area contributed by atoms with Crippen LogP contribution < -0.4 is 10.2 Å². The first kappa shape index (κ1) is 16.1. The SMILES string of the molecule is COCCNCc1cnc(N2CCSC(C)(C)CC2)s1. The van der Waals surface area contributed by atoms with Crippen LogP contribution in [0.3, 0.4) is 0 Å². The molecular formula is C14H25N3OS2. The first-order chi connectivity index (χ1) is 9.61. The van der Waals surface area contributed by atoms with Crippen molar-refractivity contribution < 1.29 is 4.74 Å². The minimum absolute atomic E-state index is 0.399. The molecule has 20 heavy (non-hydrogen) atoms. The van der Waals surface area contributed by atoms with Crippen LogP contribution in [0, 0.1) is 0 Å². The highest BCUT2D eigenvalue weighted by Crippen LogP contribution is 2.33. The number of thiazole rings is 1. The summed E-state index contributed by atoms with van der Waals surface area (Å²) >= 11 is 3.88. The summed E-state index contributed by atoms with van der Waals surface area (Å²) < 4.78 is 5.43. The van der Waals surface area contributed by atoms with Gasteiger partial charge in [-0.15, -0.1) is 11.3 Å². The summed E-state index contributed by atoms with van der Waals surface area (Å²) in [7, 11) is 1.73. The Bertz CT molecular complexity index is 409. The molecule has 1 aliphatic heterocycles. The van der Waals surface area contributed by atoms with E-state index in [-0.39, 0.29) is 0 Å². The van der Waals surface area contributed by atoms with Gasteiger partial charge in [-0.3, -0.25) is 0 Å². The van der Waals surface area contributed by atoms with Gasteiger partial charge in [-0.1, -0.05) is 13.8 Å². The van der Waals surface area contributed by atoms with Gasteiger partial charge in [0.1, 0.15) is 0 Å². The average Bonchev–Trinajstić information content (AvgIpc) is 2.79. The summed E-state index contributed by atoms with van der Waals surface area (Å²) in [4.78, 5) is 8.33. The van der Waals surface area contributed by atoms with Crippen LogP contribution in [-0.2, 0) is 11.3 Å². The van der Waals surface area contributed by atoms with Crippen LogP contribution in [0.1, 0.15) is 25.1 Å². The Balaban J connectivity index is 1.85. The summed E-state index contributed by atoms with van der Waals surface area (Å²) in [5.74, 6) is 1.19. The van der Waals surface area contributed by atoms with E-state index in [1.54, 1.807) is 7.11 Å². The first-order valence-electron chi connectivity index (χ1n) is 7.14. The fourth-order valence-corrected chi connectivity index (χ4v) is 4.15. The minimum Gasteiger partial charge on any atom is -0.383 e. The fraction of sp³-hybridized carbons (Fsp3) is 0.786. The van der Waals surface area contributed by atoms with Crippen molar-refractivity contribution >= 4 is 28.2 Å². The number of aromatic nitrogens is 1. The second-order valence-electron chi connectivity index (χ2n) is 5.62. The lowest BCUT2D eigenvalue weighted by Crippen LogP contribution is -2.26. The van der Waals surface area contributed by atoms with Crippen LogP contribution >= 0.6 is 23.1 Å². The van der Waals surface area contributed by atoms with Crippen molar-refractivity contribution in [3.05, 3.63) is 11.1 Å². The van der Waals surface area contributed by atoms with Crippen molar-refractivity contribution in [1.82, 2.24) is 10.3 Å². The predicted molar refractivity (Wildman–Crippen MR) is 89.1 cm³/mol. The number of rotatable bonds is 6. The molecule has 0 atom stereocenters. The Hall–Kier alpha value is -0.300. The molecule has 1 N–H and O–H groups in total. The van der Waals surface area contributed by atoms with Gasteiger partial charge in [-0.2, -0.15) is 11.8 Å². The highest BCUT2D eigenvalue weighted by molar-refractivity contribution is 8.00. The van der Waals surface area contributed by atoms with Crippen LogP contribution in [0.4, 0.5) is 5.13 Å². The van der Waals surface area contributed by atoms with Gasteiger partial charge in [0.15, 0.2) is 5.13 Å². The standard InChI is InChI=1S/C14H25N3OS2/c1-14(2)4-6-17(7-9-19-14)13-16-11-12(20-13)10-15-5-8-18-3/h11,15H,4-10H2,1-3H3. The molecule has 6 heteroatoms. The molecule has 0 aromatic carbocycles. The number of methoxy groups -OCH3 is 1. The van der Waals surface area contributed by atoms with E-state index in [9.17, 15) is 0 Å². The van der Waals surface area contributed by atoms with Gasteiger partial charge in [0.05, 0.1) is 6.61 Å². The number of ether oxygens (including phenoxy) is 1. The molecule has 0 radical (unpaired) electrons. The second kappa shape index (κ2) is 7.64. The molecule has 1 aliphatic rings. The summed E-state index contributed by atoms with van der Waals surface area (Å²) in [6, 6.07) is 0. The van der Waals surface area contributed by atoms with Gasteiger partial charge >= 0.3 is 0 Å². The van der Waals surface area contributed by atoms with Gasteiger partial charge in [-0.05, 0) is 6.42 Å². The van der Waals surface area contributed by atoms with E-state index < -0.39 is 0 Å². The summed E-state index contributed by atoms with van der Waals surface area (Å²) in [6.07, 6.45) is 3.22. The summed E-state index contributed by atoms with van der Waals surface area (Å²) in [5.41, 5.74) is 0. The molecule has 2 heterocycles. The number of nitrogens with zero attached hydrogens (tertiary/aromatic N) is 2. The van der Waals surface area contributed by atoms with E-state index >= 15 is 0 Å². The maximum atomic E-state index is 5.03. The highest BCUT2D eigenvalue weighted by Gasteiger charge is 2.24. The third kappa shape index (κ3) is 4.91. The van der Waals surface area contributed by atoms with Gasteiger partial charge in [-0.25, -0.2) is 4.98 Å². The molecule has 0 saturated carbocycles. The molecule has 0 unspecified atom stereocenters. The van der Waals surface area contributed by atoms with E-state index in [4.69, 9.17) is 4.74 Å². The lowest BCUT2D eigenvalue weighted by atomic mass is 10.1. The molecule has 0 aliphatic carbocycles. The molecule has 1 fully saturated rings. The molecule has 2 rings (SSSR count). The minimum atomic E-state index is 0.399. The van der Waals surface area contributed by atoms with Gasteiger partial charge in [0.25, 0.3) is 0 Å². The van der Waals surface area contributed by atoms with E-state index in [1.165, 1.54) is 22.2 Å². The molecule has 1 aromatic rings. The number of hydrogen-bond donors (Lipinski definition) is 1. The van der Waals surface area contributed by atoms with E-state index in [0.717, 1.165) is 32.8 Å². The number of thioether (sulfide) groups is 1. The largest absolute Gasteiger partial charge is 0.383 e. The van der Waals surface area contributed by atoms with Crippen LogP contribution in [0.2, 0.25) is 0 Å². The molecule has 0 amide bonds. The molecule has 4 nitrogen and oxygen atoms in total. The number of nitrogens with one attached hydrogen (secondary N) is 1. The van der Waals surface area contributed by atoms with Crippen LogP contribution in [0.25, 0.3) is 0 Å². The Kier molecular flexibility index (Phi) is 6.14. The third-order valence-corrected chi connectivity index (χ3v) is 5.86. The molecule has 1 aromatic heterocycles. The first-order valence-corrected chi connectivity index (χ1v) is 8.94. The highest BCUT2D eigenvalue weighted by atomic mass is 32.2. The lowest BCUT2D eigenvalue weighted by Gasteiger charge is -2.22. The van der Waals surface area contributed by atoms with E-state index in [0.29, 0.717) is 4.75 Å². The predicted octanol–water partition coefficient (Wildman–Crippen LogP) is 2.60. The Labute approximate surface area is 130 Å². The monoisotopic (exact) mass is 315 g/mol. The number of hydrogen-bond acceptors (Lipinski definition) is 6. The topological polar surface area (TPSA) is 37.4 Å². The average molecular weight is 316 g/mol. The quantitative estimate of drug-likeness (QED) is 0.817. The zero-order valence-electron chi connectivity index (χ0n) is 12.6. The summed E-state index contributed by atoms with van der Waals surface area (Å²) in [5, 5.41) is 4.54. The van der Waals surface area contributed by atoms with Crippen molar-refractivity contribution in [2.24, 2.45) is 0 Å². The van der Waals surface area contributed by atoms with Crippen molar-refractivity contribution in [2.45, 2.75) is 31.6 Å². The van der Waals surface area contributed by atoms with Crippen LogP contribution in [0.15, 0.2) is 6.20 Å². The van der Waals surface area contributed by atoms with Crippen molar-refractivity contribution in [3.63, 3.8) is 0 Å². The lowest BCUT2D eigenvalue weighted by molar-refractivity contribution is 0.199. The van der Waals surface area contributed by atoms with Gasteiger partial charge in [0.2, 0.25) is 0 Å². The van der Waals surface area contributed by atoms with Crippen molar-refractivity contribution in [2.75, 3.05) is 44.0 Å². The zero-order valence-corrected chi connectivity index (χ0v) is 14.3. The van der Waals surface area contributed by atoms with Crippen molar-refractivity contribution in [1.29, 1.82) is 0 Å². The van der Waals surface area contributed by atoms with E-state index in [1.807, 2.05) is 17.5 Å². The summed E-state index contributed by atoms with van der Waals surface area (Å²) in [6.45, 7) is 9.43. The Morgan fingerprint density at radius 2 is 2.30 bits per heavy atom. The maximum absolute atomic E-state index is 5.03. The maximum Gasteiger partial charge on any atom is 0.185 e. The fourth-order valence-electron chi connectivity index (χ4n) is 2.12. The van der Waals surface area contributed by atoms with Gasteiger partial charge < -0.3 is 15.0 Å². The molecule has 0 bridgehead atoms. The Morgan fingerprint density at radius 1 is 1.45 bits per heavy atom. The second-order valence-corrected chi connectivity index (χ2v) is 8.52. The van der Waals surface area contributed by atoms with Gasteiger partial charge in [0, 0.05) is 54.9 Å². The van der Waals surface area contributed by atoms with E-state index in [2.05, 4.69) is 40.8 Å². The van der Waals surface area contributed by atoms with Crippen LogP contribution in [0.5, 0.6) is 0 Å². The zero-order chi connectivity index (χ0) is 14.4.